The third kappa shape index (κ3) is 2.23. The maximum atomic E-state index is 9.68. The molecular weight excluding hydrogens is 334 g/mol. The number of nitriles is 1. The maximum absolute atomic E-state index is 9.68. The Balaban J connectivity index is 1.94. The molecule has 2 unspecified atom stereocenters. The molecule has 0 radical (unpaired) electrons. The standard InChI is InChI=1S/C19H17N3O4/c1-9-13(21)4-3-11-16(12(7-20)19(22)26-17(9)11)10-5-14(23-2)18-15(6-10)24-8-25-18/h3-6,12,16,22H,8,21H2,1-2H3. The van der Waals surface area contributed by atoms with Gasteiger partial charge in [0, 0.05) is 22.7 Å². The van der Waals surface area contributed by atoms with Gasteiger partial charge in [0.15, 0.2) is 11.5 Å². The minimum Gasteiger partial charge on any atom is -0.493 e. The van der Waals surface area contributed by atoms with Gasteiger partial charge >= 0.3 is 0 Å². The number of methoxy groups -OCH3 is 1. The second-order valence-corrected chi connectivity index (χ2v) is 6.21. The van der Waals surface area contributed by atoms with Gasteiger partial charge in [-0.2, -0.15) is 5.26 Å². The highest BCUT2D eigenvalue weighted by molar-refractivity contribution is 5.86. The highest BCUT2D eigenvalue weighted by atomic mass is 16.7. The normalized spacial score (nSPS) is 20.1. The lowest BCUT2D eigenvalue weighted by Crippen LogP contribution is -2.31. The number of nitrogens with zero attached hydrogens (tertiary/aromatic N) is 1. The number of nitrogens with two attached hydrogens (primary N) is 1. The predicted molar refractivity (Wildman–Crippen MR) is 94.0 cm³/mol. The molecule has 132 valence electrons. The van der Waals surface area contributed by atoms with Crippen LogP contribution in [0.15, 0.2) is 24.3 Å². The first-order valence-electron chi connectivity index (χ1n) is 8.07. The van der Waals surface area contributed by atoms with Crippen LogP contribution in [0, 0.1) is 29.6 Å². The molecule has 3 N–H and O–H groups in total. The molecule has 4 rings (SSSR count). The minimum atomic E-state index is -0.768. The molecule has 7 nitrogen and oxygen atoms in total. The van der Waals surface area contributed by atoms with Crippen molar-refractivity contribution in [1.82, 2.24) is 0 Å². The third-order valence-corrected chi connectivity index (χ3v) is 4.82. The van der Waals surface area contributed by atoms with Gasteiger partial charge in [-0.3, -0.25) is 5.41 Å². The molecular formula is C19H17N3O4. The quantitative estimate of drug-likeness (QED) is 0.805. The van der Waals surface area contributed by atoms with Crippen molar-refractivity contribution in [2.24, 2.45) is 5.92 Å². The summed E-state index contributed by atoms with van der Waals surface area (Å²) in [4.78, 5) is 0. The average Bonchev–Trinajstić information content (AvgIpc) is 3.12. The van der Waals surface area contributed by atoms with Crippen LogP contribution in [0.3, 0.4) is 0 Å². The zero-order valence-corrected chi connectivity index (χ0v) is 14.3. The molecule has 7 heteroatoms. The number of anilines is 1. The van der Waals surface area contributed by atoms with Crippen LogP contribution in [-0.2, 0) is 0 Å². The average molecular weight is 351 g/mol. The van der Waals surface area contributed by atoms with Crippen LogP contribution in [0.2, 0.25) is 0 Å². The summed E-state index contributed by atoms with van der Waals surface area (Å²) in [6.07, 6.45) is 0. The summed E-state index contributed by atoms with van der Waals surface area (Å²) in [5, 5.41) is 17.9. The second-order valence-electron chi connectivity index (χ2n) is 6.21. The Morgan fingerprint density at radius 1 is 1.27 bits per heavy atom. The lowest BCUT2D eigenvalue weighted by molar-refractivity contribution is 0.171. The van der Waals surface area contributed by atoms with E-state index in [9.17, 15) is 5.26 Å². The van der Waals surface area contributed by atoms with Crippen molar-refractivity contribution in [3.63, 3.8) is 0 Å². The smallest absolute Gasteiger partial charge is 0.231 e. The molecule has 2 aliphatic heterocycles. The number of hydrogen-bond acceptors (Lipinski definition) is 7. The van der Waals surface area contributed by atoms with E-state index in [1.165, 1.54) is 0 Å². The Bertz CT molecular complexity index is 964. The van der Waals surface area contributed by atoms with Crippen LogP contribution in [0.25, 0.3) is 0 Å². The van der Waals surface area contributed by atoms with Gasteiger partial charge in [-0.05, 0) is 30.7 Å². The zero-order chi connectivity index (χ0) is 18.4. The molecule has 2 aromatic carbocycles. The van der Waals surface area contributed by atoms with E-state index in [2.05, 4.69) is 6.07 Å². The SMILES string of the molecule is COc1cc(C2c3ccc(N)c(C)c3OC(=N)C2C#N)cc2c1OCO2. The molecule has 0 aromatic heterocycles. The van der Waals surface area contributed by atoms with E-state index < -0.39 is 11.8 Å². The van der Waals surface area contributed by atoms with Crippen LogP contribution >= 0.6 is 0 Å². The van der Waals surface area contributed by atoms with E-state index in [-0.39, 0.29) is 12.7 Å². The minimum absolute atomic E-state index is 0.102. The number of ether oxygens (including phenoxy) is 4. The number of nitrogen functional groups attached to an aromatic ring is 1. The van der Waals surface area contributed by atoms with Crippen molar-refractivity contribution in [1.29, 1.82) is 10.7 Å². The topological polar surface area (TPSA) is 111 Å². The summed E-state index contributed by atoms with van der Waals surface area (Å²) in [5.74, 6) is 0.884. The summed E-state index contributed by atoms with van der Waals surface area (Å²) >= 11 is 0. The summed E-state index contributed by atoms with van der Waals surface area (Å²) in [5.41, 5.74) is 8.91. The largest absolute Gasteiger partial charge is 0.493 e. The molecule has 0 spiro atoms. The number of nitrogens with one attached hydrogen (secondary N) is 1. The molecule has 0 fully saturated rings. The fraction of sp³-hybridized carbons (Fsp3) is 0.263. The molecule has 0 saturated carbocycles. The van der Waals surface area contributed by atoms with Crippen LogP contribution in [0.5, 0.6) is 23.0 Å². The van der Waals surface area contributed by atoms with Gasteiger partial charge in [0.05, 0.1) is 13.2 Å². The van der Waals surface area contributed by atoms with Crippen LogP contribution in [0.4, 0.5) is 5.69 Å². The first-order valence-corrected chi connectivity index (χ1v) is 8.07. The van der Waals surface area contributed by atoms with Crippen molar-refractivity contribution in [2.45, 2.75) is 12.8 Å². The van der Waals surface area contributed by atoms with Crippen LogP contribution in [0.1, 0.15) is 22.6 Å². The Kier molecular flexibility index (Phi) is 3.62. The lowest BCUT2D eigenvalue weighted by Gasteiger charge is -2.31. The predicted octanol–water partition coefficient (Wildman–Crippen LogP) is 2.96. The number of rotatable bonds is 2. The van der Waals surface area contributed by atoms with Crippen molar-refractivity contribution >= 4 is 11.6 Å². The van der Waals surface area contributed by atoms with Gasteiger partial charge < -0.3 is 24.7 Å². The Morgan fingerprint density at radius 3 is 2.81 bits per heavy atom. The zero-order valence-electron chi connectivity index (χ0n) is 14.3. The van der Waals surface area contributed by atoms with E-state index in [0.717, 1.165) is 16.7 Å². The van der Waals surface area contributed by atoms with E-state index >= 15 is 0 Å². The van der Waals surface area contributed by atoms with Gasteiger partial charge in [-0.25, -0.2) is 0 Å². The fourth-order valence-corrected chi connectivity index (χ4v) is 3.45. The van der Waals surface area contributed by atoms with E-state index in [1.54, 1.807) is 13.2 Å². The second kappa shape index (κ2) is 5.85. The van der Waals surface area contributed by atoms with E-state index in [1.807, 2.05) is 25.1 Å². The van der Waals surface area contributed by atoms with Crippen molar-refractivity contribution in [3.05, 3.63) is 41.0 Å². The first kappa shape index (κ1) is 16.1. The Morgan fingerprint density at radius 2 is 2.08 bits per heavy atom. The number of benzene rings is 2. The van der Waals surface area contributed by atoms with Gasteiger partial charge in [0.2, 0.25) is 18.4 Å². The molecule has 26 heavy (non-hydrogen) atoms. The molecule has 2 aliphatic rings. The number of hydrogen-bond donors (Lipinski definition) is 2. The van der Waals surface area contributed by atoms with Gasteiger partial charge in [-0.1, -0.05) is 6.07 Å². The van der Waals surface area contributed by atoms with Crippen LogP contribution in [-0.4, -0.2) is 19.8 Å². The highest BCUT2D eigenvalue weighted by Gasteiger charge is 2.39. The Hall–Kier alpha value is -3.40. The van der Waals surface area contributed by atoms with Crippen molar-refractivity contribution in [3.8, 4) is 29.1 Å². The summed E-state index contributed by atoms with van der Waals surface area (Å²) in [6.45, 7) is 1.96. The van der Waals surface area contributed by atoms with Gasteiger partial charge in [0.25, 0.3) is 0 Å². The van der Waals surface area contributed by atoms with Crippen molar-refractivity contribution < 1.29 is 18.9 Å². The molecule has 0 bridgehead atoms. The molecule has 0 saturated heterocycles. The third-order valence-electron chi connectivity index (χ3n) is 4.82. The number of fused-ring (bicyclic) bond motifs is 2. The molecule has 2 heterocycles. The van der Waals surface area contributed by atoms with E-state index in [0.29, 0.717) is 28.7 Å². The lowest BCUT2D eigenvalue weighted by atomic mass is 9.78. The Labute approximate surface area is 150 Å². The monoisotopic (exact) mass is 351 g/mol. The van der Waals surface area contributed by atoms with Gasteiger partial charge in [-0.15, -0.1) is 0 Å². The van der Waals surface area contributed by atoms with E-state index in [4.69, 9.17) is 30.1 Å². The van der Waals surface area contributed by atoms with Crippen LogP contribution < -0.4 is 24.7 Å². The fourth-order valence-electron chi connectivity index (χ4n) is 3.45. The van der Waals surface area contributed by atoms with Crippen molar-refractivity contribution in [2.75, 3.05) is 19.6 Å². The van der Waals surface area contributed by atoms with Gasteiger partial charge in [0.1, 0.15) is 11.7 Å². The molecule has 0 amide bonds. The first-order chi connectivity index (χ1) is 12.5. The molecule has 2 atom stereocenters. The summed E-state index contributed by atoms with van der Waals surface area (Å²) in [6, 6.07) is 9.47. The summed E-state index contributed by atoms with van der Waals surface area (Å²) < 4.78 is 22.0. The highest BCUT2D eigenvalue weighted by Crippen LogP contribution is 2.49. The molecule has 2 aromatic rings. The summed E-state index contributed by atoms with van der Waals surface area (Å²) in [7, 11) is 1.55. The maximum Gasteiger partial charge on any atom is 0.231 e. The molecule has 0 aliphatic carbocycles.